The first-order valence-corrected chi connectivity index (χ1v) is 6.53. The zero-order valence-corrected chi connectivity index (χ0v) is 11.4. The van der Waals surface area contributed by atoms with Gasteiger partial charge < -0.3 is 11.1 Å². The Morgan fingerprint density at radius 1 is 1.23 bits per heavy atom. The lowest BCUT2D eigenvalue weighted by Gasteiger charge is -2.12. The molecule has 3 rings (SSSR count). The van der Waals surface area contributed by atoms with Gasteiger partial charge in [-0.2, -0.15) is 0 Å². The Hall–Kier alpha value is -2.93. The molecule has 0 radical (unpaired) electrons. The first-order valence-electron chi connectivity index (χ1n) is 6.53. The van der Waals surface area contributed by atoms with E-state index in [1.807, 2.05) is 5.43 Å². The molecule has 112 valence electrons. The van der Waals surface area contributed by atoms with Crippen LogP contribution in [0.15, 0.2) is 30.3 Å². The van der Waals surface area contributed by atoms with Crippen molar-refractivity contribution >= 4 is 17.5 Å². The van der Waals surface area contributed by atoms with Crippen LogP contribution in [-0.2, 0) is 6.54 Å². The molecule has 2 aromatic rings. The van der Waals surface area contributed by atoms with Crippen LogP contribution in [0.4, 0.5) is 10.1 Å². The van der Waals surface area contributed by atoms with Crippen molar-refractivity contribution in [3.63, 3.8) is 0 Å². The molecule has 0 aromatic heterocycles. The van der Waals surface area contributed by atoms with Gasteiger partial charge in [-0.25, -0.2) is 10.2 Å². The van der Waals surface area contributed by atoms with Crippen molar-refractivity contribution < 1.29 is 14.0 Å². The molecule has 0 fully saturated rings. The molecule has 0 saturated carbocycles. The lowest BCUT2D eigenvalue weighted by Crippen LogP contribution is -2.31. The Labute approximate surface area is 125 Å². The van der Waals surface area contributed by atoms with Crippen LogP contribution in [0.3, 0.4) is 0 Å². The maximum absolute atomic E-state index is 14.1. The molecule has 0 bridgehead atoms. The third-order valence-electron chi connectivity index (χ3n) is 3.62. The van der Waals surface area contributed by atoms with Crippen LogP contribution < -0.4 is 22.3 Å². The number of halogens is 1. The second-order valence-corrected chi connectivity index (χ2v) is 4.91. The van der Waals surface area contributed by atoms with Gasteiger partial charge in [0.25, 0.3) is 11.8 Å². The second-order valence-electron chi connectivity index (χ2n) is 4.91. The minimum atomic E-state index is -0.572. The van der Waals surface area contributed by atoms with Gasteiger partial charge >= 0.3 is 0 Å². The standard InChI is InChI=1S/C15H13FN4O2/c16-12-5-7(17)1-2-9(12)8-3-4-10(14(21)20-18)13-11(8)6-19-15(13)22/h1-5H,6,17-18H2,(H,19,22)(H,20,21). The summed E-state index contributed by atoms with van der Waals surface area (Å²) >= 11 is 0. The number of nitrogens with one attached hydrogen (secondary N) is 2. The summed E-state index contributed by atoms with van der Waals surface area (Å²) in [6.07, 6.45) is 0. The molecule has 6 N–H and O–H groups in total. The van der Waals surface area contributed by atoms with E-state index in [0.29, 0.717) is 22.4 Å². The SMILES string of the molecule is NNC(=O)c1ccc(-c2ccc(N)cc2F)c2c1C(=O)NC2. The van der Waals surface area contributed by atoms with E-state index in [1.165, 1.54) is 12.1 Å². The molecule has 2 aromatic carbocycles. The first-order chi connectivity index (χ1) is 10.5. The highest BCUT2D eigenvalue weighted by atomic mass is 19.1. The van der Waals surface area contributed by atoms with Crippen LogP contribution in [-0.4, -0.2) is 11.8 Å². The minimum Gasteiger partial charge on any atom is -0.399 e. The van der Waals surface area contributed by atoms with E-state index in [9.17, 15) is 14.0 Å². The summed E-state index contributed by atoms with van der Waals surface area (Å²) in [6.45, 7) is 0.221. The van der Waals surface area contributed by atoms with Crippen molar-refractivity contribution in [1.29, 1.82) is 0 Å². The lowest BCUT2D eigenvalue weighted by atomic mass is 9.92. The summed E-state index contributed by atoms with van der Waals surface area (Å²) in [4.78, 5) is 23.8. The summed E-state index contributed by atoms with van der Waals surface area (Å²) < 4.78 is 14.1. The maximum atomic E-state index is 14.1. The van der Waals surface area contributed by atoms with Gasteiger partial charge in [-0.05, 0) is 35.4 Å². The fourth-order valence-corrected chi connectivity index (χ4v) is 2.62. The van der Waals surface area contributed by atoms with Gasteiger partial charge in [0, 0.05) is 17.8 Å². The second kappa shape index (κ2) is 5.12. The van der Waals surface area contributed by atoms with Gasteiger partial charge in [0.1, 0.15) is 5.82 Å². The molecule has 0 atom stereocenters. The van der Waals surface area contributed by atoms with Crippen LogP contribution in [0.1, 0.15) is 26.3 Å². The van der Waals surface area contributed by atoms with E-state index >= 15 is 0 Å². The summed E-state index contributed by atoms with van der Waals surface area (Å²) in [7, 11) is 0. The van der Waals surface area contributed by atoms with Crippen molar-refractivity contribution in [1.82, 2.24) is 10.7 Å². The predicted octanol–water partition coefficient (Wildman–Crippen LogP) is 0.922. The number of anilines is 1. The highest BCUT2D eigenvalue weighted by Gasteiger charge is 2.28. The summed E-state index contributed by atoms with van der Waals surface area (Å²) in [5.41, 5.74) is 9.67. The number of nitrogens with two attached hydrogens (primary N) is 2. The fraction of sp³-hybridized carbons (Fsp3) is 0.0667. The number of fused-ring (bicyclic) bond motifs is 1. The number of hydrogen-bond acceptors (Lipinski definition) is 4. The quantitative estimate of drug-likeness (QED) is 0.286. The molecule has 0 aliphatic carbocycles. The number of benzene rings is 2. The van der Waals surface area contributed by atoms with E-state index in [1.54, 1.807) is 18.2 Å². The Kier molecular flexibility index (Phi) is 3.26. The van der Waals surface area contributed by atoms with E-state index in [-0.39, 0.29) is 23.6 Å². The number of amides is 2. The van der Waals surface area contributed by atoms with E-state index in [4.69, 9.17) is 11.6 Å². The lowest BCUT2D eigenvalue weighted by molar-refractivity contribution is 0.0927. The summed E-state index contributed by atoms with van der Waals surface area (Å²) in [5.74, 6) is 3.69. The van der Waals surface area contributed by atoms with Crippen LogP contribution >= 0.6 is 0 Å². The van der Waals surface area contributed by atoms with Crippen molar-refractivity contribution in [2.24, 2.45) is 5.84 Å². The molecular weight excluding hydrogens is 287 g/mol. The van der Waals surface area contributed by atoms with Crippen LogP contribution in [0, 0.1) is 5.82 Å². The zero-order valence-electron chi connectivity index (χ0n) is 11.4. The predicted molar refractivity (Wildman–Crippen MR) is 79.1 cm³/mol. The molecule has 7 heteroatoms. The molecule has 1 heterocycles. The van der Waals surface area contributed by atoms with Gasteiger partial charge in [-0.15, -0.1) is 0 Å². The van der Waals surface area contributed by atoms with E-state index in [2.05, 4.69) is 5.32 Å². The molecule has 0 saturated heterocycles. The number of carbonyl (C=O) groups excluding carboxylic acids is 2. The Balaban J connectivity index is 2.23. The number of hydrazine groups is 1. The number of hydrogen-bond donors (Lipinski definition) is 4. The van der Waals surface area contributed by atoms with Gasteiger partial charge in [0.05, 0.1) is 11.1 Å². The fourth-order valence-electron chi connectivity index (χ4n) is 2.62. The third-order valence-corrected chi connectivity index (χ3v) is 3.62. The number of rotatable bonds is 2. The van der Waals surface area contributed by atoms with Gasteiger partial charge in [0.15, 0.2) is 0 Å². The molecule has 1 aliphatic heterocycles. The molecule has 1 aliphatic rings. The Morgan fingerprint density at radius 2 is 1.95 bits per heavy atom. The number of nitrogen functional groups attached to an aromatic ring is 2. The van der Waals surface area contributed by atoms with Gasteiger partial charge in [-0.1, -0.05) is 6.07 Å². The normalized spacial score (nSPS) is 12.7. The van der Waals surface area contributed by atoms with Crippen molar-refractivity contribution in [3.05, 3.63) is 52.8 Å². The monoisotopic (exact) mass is 300 g/mol. The molecule has 0 unspecified atom stereocenters. The highest BCUT2D eigenvalue weighted by molar-refractivity contribution is 6.10. The summed E-state index contributed by atoms with van der Waals surface area (Å²) in [6, 6.07) is 7.39. The van der Waals surface area contributed by atoms with Crippen LogP contribution in [0.5, 0.6) is 0 Å². The van der Waals surface area contributed by atoms with Crippen LogP contribution in [0.25, 0.3) is 11.1 Å². The van der Waals surface area contributed by atoms with Crippen molar-refractivity contribution in [3.8, 4) is 11.1 Å². The molecule has 22 heavy (non-hydrogen) atoms. The van der Waals surface area contributed by atoms with Crippen molar-refractivity contribution in [2.45, 2.75) is 6.54 Å². The summed E-state index contributed by atoms with van der Waals surface area (Å²) in [5, 5.41) is 2.64. The maximum Gasteiger partial charge on any atom is 0.265 e. The Morgan fingerprint density at radius 3 is 2.64 bits per heavy atom. The minimum absolute atomic E-state index is 0.159. The van der Waals surface area contributed by atoms with Gasteiger partial charge in [0.2, 0.25) is 0 Å². The van der Waals surface area contributed by atoms with Gasteiger partial charge in [-0.3, -0.25) is 15.0 Å². The Bertz CT molecular complexity index is 804. The van der Waals surface area contributed by atoms with E-state index in [0.717, 1.165) is 0 Å². The molecular formula is C15H13FN4O2. The molecule has 0 spiro atoms. The van der Waals surface area contributed by atoms with Crippen molar-refractivity contribution in [2.75, 3.05) is 5.73 Å². The first kappa shape index (κ1) is 14.0. The molecule has 2 amide bonds. The average molecular weight is 300 g/mol. The smallest absolute Gasteiger partial charge is 0.265 e. The largest absolute Gasteiger partial charge is 0.399 e. The van der Waals surface area contributed by atoms with E-state index < -0.39 is 11.7 Å². The third kappa shape index (κ3) is 2.08. The topological polar surface area (TPSA) is 110 Å². The number of carbonyl (C=O) groups is 2. The average Bonchev–Trinajstić information content (AvgIpc) is 2.89. The highest BCUT2D eigenvalue weighted by Crippen LogP contribution is 2.33. The molecule has 6 nitrogen and oxygen atoms in total. The zero-order chi connectivity index (χ0) is 15.9. The van der Waals surface area contributed by atoms with Crippen LogP contribution in [0.2, 0.25) is 0 Å².